The molecule has 3 saturated heterocycles. The van der Waals surface area contributed by atoms with Crippen LogP contribution in [0.1, 0.15) is 80.4 Å². The number of halogens is 2. The van der Waals surface area contributed by atoms with Gasteiger partial charge in [-0.25, -0.2) is 13.8 Å². The van der Waals surface area contributed by atoms with Gasteiger partial charge >= 0.3 is 10.2 Å². The molecule has 61 heavy (non-hydrogen) atoms. The molecule has 7 rings (SSSR count). The summed E-state index contributed by atoms with van der Waals surface area (Å²) in [6.07, 6.45) is 5.75. The van der Waals surface area contributed by atoms with Gasteiger partial charge < -0.3 is 9.64 Å². The van der Waals surface area contributed by atoms with Crippen molar-refractivity contribution >= 4 is 44.5 Å². The number of nitriles is 1. The lowest BCUT2D eigenvalue weighted by atomic mass is 9.85. The van der Waals surface area contributed by atoms with Crippen LogP contribution in [0, 0.1) is 28.9 Å². The largest absolute Gasteiger partial charge is 0.453 e. The molecule has 3 aromatic carbocycles. The highest BCUT2D eigenvalue weighted by molar-refractivity contribution is 7.90. The van der Waals surface area contributed by atoms with Gasteiger partial charge in [-0.2, -0.15) is 18.0 Å². The van der Waals surface area contributed by atoms with E-state index in [1.54, 1.807) is 25.1 Å². The van der Waals surface area contributed by atoms with Gasteiger partial charge in [-0.15, -0.1) is 0 Å². The van der Waals surface area contributed by atoms with Gasteiger partial charge in [0.25, 0.3) is 5.56 Å². The highest BCUT2D eigenvalue weighted by Crippen LogP contribution is 2.35. The van der Waals surface area contributed by atoms with E-state index >= 15 is 8.78 Å². The molecular weight excluding hydrogens is 811 g/mol. The summed E-state index contributed by atoms with van der Waals surface area (Å²) in [4.78, 5) is 59.1. The number of carbonyl (C=O) groups is 3. The summed E-state index contributed by atoms with van der Waals surface area (Å²) in [5.74, 6) is -2.57. The Kier molecular flexibility index (Phi) is 13.1. The maximum atomic E-state index is 15.3. The van der Waals surface area contributed by atoms with E-state index in [1.807, 2.05) is 11.0 Å². The molecule has 1 aromatic heterocycles. The zero-order valence-corrected chi connectivity index (χ0v) is 34.8. The lowest BCUT2D eigenvalue weighted by molar-refractivity contribution is -0.135. The maximum Gasteiger partial charge on any atom is 0.301 e. The quantitative estimate of drug-likeness (QED) is 0.174. The fourth-order valence-corrected chi connectivity index (χ4v) is 9.25. The second-order valence-electron chi connectivity index (χ2n) is 15.9. The summed E-state index contributed by atoms with van der Waals surface area (Å²) in [7, 11) is -2.66. The number of nitrogens with one attached hydrogen (secondary N) is 2. The summed E-state index contributed by atoms with van der Waals surface area (Å²) >= 11 is 0. The standard InChI is InChI=1S/C43H48F2N8O7S/c1-3-50(2)61(58,59)49-38-10-8-35(44)41(34(38)24-46)60-30-5-9-37-33(23-30)43(57)53(26-47-37)21-14-27-12-19-52(20-13-27)40(55)25-51-17-15-28(16-18-51)31-6-4-29(22-36(31)45)32-7-11-39(54)48-42(32)56/h4-6,8-10,22-23,26-28,32,49H,3,7,11-21,25H2,1-2H3,(H,48,54,56). The zero-order valence-electron chi connectivity index (χ0n) is 34.0. The first-order valence-corrected chi connectivity index (χ1v) is 22.0. The topological polar surface area (TPSA) is 187 Å². The molecular formula is C43H48F2N8O7S. The van der Waals surface area contributed by atoms with Gasteiger partial charge in [0, 0.05) is 39.6 Å². The van der Waals surface area contributed by atoms with Gasteiger partial charge in [-0.3, -0.25) is 38.7 Å². The Labute approximate surface area is 352 Å². The van der Waals surface area contributed by atoms with Crippen molar-refractivity contribution in [3.63, 3.8) is 0 Å². The Morgan fingerprint density at radius 3 is 2.44 bits per heavy atom. The SMILES string of the molecule is CCN(C)S(=O)(=O)Nc1ccc(F)c(Oc2ccc3ncn(CCC4CCN(C(=O)CN5CCC(c6ccc(C7CCC(=O)NC7=O)cc6F)CC5)CC4)c(=O)c3c2)c1C#N. The van der Waals surface area contributed by atoms with Crippen molar-refractivity contribution in [2.75, 3.05) is 51.0 Å². The molecule has 322 valence electrons. The summed E-state index contributed by atoms with van der Waals surface area (Å²) in [6.45, 7) is 5.02. The van der Waals surface area contributed by atoms with Gasteiger partial charge in [0.2, 0.25) is 17.7 Å². The molecule has 0 bridgehead atoms. The minimum absolute atomic E-state index is 0.00847. The third kappa shape index (κ3) is 9.74. The summed E-state index contributed by atoms with van der Waals surface area (Å²) in [6, 6.07) is 13.3. The van der Waals surface area contributed by atoms with Crippen LogP contribution >= 0.6 is 0 Å². The number of aromatic nitrogens is 2. The molecule has 3 amide bonds. The second-order valence-corrected chi connectivity index (χ2v) is 17.7. The molecule has 0 radical (unpaired) electrons. The molecule has 15 nitrogen and oxygen atoms in total. The first-order valence-electron chi connectivity index (χ1n) is 20.5. The molecule has 4 aromatic rings. The van der Waals surface area contributed by atoms with Crippen molar-refractivity contribution in [1.29, 1.82) is 5.26 Å². The van der Waals surface area contributed by atoms with E-state index in [1.165, 1.54) is 36.1 Å². The number of rotatable bonds is 13. The first-order chi connectivity index (χ1) is 29.2. The van der Waals surface area contributed by atoms with Gasteiger partial charge in [-0.05, 0) is 111 Å². The maximum absolute atomic E-state index is 15.3. The molecule has 3 aliphatic rings. The van der Waals surface area contributed by atoms with Crippen molar-refractivity contribution < 1.29 is 36.3 Å². The number of aryl methyl sites for hydroxylation is 1. The van der Waals surface area contributed by atoms with Gasteiger partial charge in [-0.1, -0.05) is 19.1 Å². The van der Waals surface area contributed by atoms with E-state index in [4.69, 9.17) is 4.74 Å². The fourth-order valence-electron chi connectivity index (χ4n) is 8.31. The average Bonchev–Trinajstić information content (AvgIpc) is 3.25. The number of fused-ring (bicyclic) bond motifs is 1. The minimum Gasteiger partial charge on any atom is -0.453 e. The van der Waals surface area contributed by atoms with Crippen LogP contribution in [0.15, 0.2) is 59.7 Å². The fraction of sp³-hybridized carbons (Fsp3) is 0.442. The number of hydrogen-bond donors (Lipinski definition) is 2. The molecule has 18 heteroatoms. The Balaban J connectivity index is 0.897. The Hall–Kier alpha value is -5.77. The number of anilines is 1. The van der Waals surface area contributed by atoms with Crippen molar-refractivity contribution in [2.24, 2.45) is 5.92 Å². The lowest BCUT2D eigenvalue weighted by Crippen LogP contribution is -2.46. The van der Waals surface area contributed by atoms with Crippen LogP contribution in [0.3, 0.4) is 0 Å². The van der Waals surface area contributed by atoms with Crippen molar-refractivity contribution in [2.45, 2.75) is 70.3 Å². The second kappa shape index (κ2) is 18.5. The highest BCUT2D eigenvalue weighted by Gasteiger charge is 2.31. The predicted molar refractivity (Wildman–Crippen MR) is 222 cm³/mol. The van der Waals surface area contributed by atoms with E-state index in [0.717, 1.165) is 29.3 Å². The molecule has 1 unspecified atom stereocenters. The van der Waals surface area contributed by atoms with Crippen molar-refractivity contribution in [3.05, 3.63) is 93.5 Å². The highest BCUT2D eigenvalue weighted by atomic mass is 32.2. The normalized spacial score (nSPS) is 18.3. The van der Waals surface area contributed by atoms with Crippen LogP contribution in [0.25, 0.3) is 10.9 Å². The van der Waals surface area contributed by atoms with Crippen LogP contribution in [-0.4, -0.2) is 96.1 Å². The van der Waals surface area contributed by atoms with Gasteiger partial charge in [0.05, 0.1) is 35.4 Å². The number of carbonyl (C=O) groups excluding carboxylic acids is 3. The van der Waals surface area contributed by atoms with Crippen molar-refractivity contribution in [3.8, 4) is 17.6 Å². The van der Waals surface area contributed by atoms with E-state index < -0.39 is 33.6 Å². The van der Waals surface area contributed by atoms with Crippen LogP contribution in [-0.2, 0) is 31.1 Å². The number of imide groups is 1. The Bertz CT molecular complexity index is 2550. The van der Waals surface area contributed by atoms with Crippen LogP contribution in [0.5, 0.6) is 11.5 Å². The third-order valence-corrected chi connectivity index (χ3v) is 13.7. The van der Waals surface area contributed by atoms with E-state index in [0.29, 0.717) is 81.6 Å². The number of benzene rings is 3. The Morgan fingerprint density at radius 1 is 1.00 bits per heavy atom. The van der Waals surface area contributed by atoms with Crippen LogP contribution in [0.4, 0.5) is 14.5 Å². The molecule has 0 aliphatic carbocycles. The van der Waals surface area contributed by atoms with Gasteiger partial charge in [0.1, 0.15) is 23.2 Å². The third-order valence-electron chi connectivity index (χ3n) is 12.1. The zero-order chi connectivity index (χ0) is 43.4. The molecule has 3 fully saturated rings. The van der Waals surface area contributed by atoms with Crippen molar-refractivity contribution in [1.82, 2.24) is 29.0 Å². The monoisotopic (exact) mass is 858 g/mol. The molecule has 1 atom stereocenters. The number of amides is 3. The minimum atomic E-state index is -4.02. The Morgan fingerprint density at radius 2 is 1.75 bits per heavy atom. The number of piperidine rings is 3. The summed E-state index contributed by atoms with van der Waals surface area (Å²) in [5, 5.41) is 12.4. The predicted octanol–water partition coefficient (Wildman–Crippen LogP) is 4.98. The van der Waals surface area contributed by atoms with Gasteiger partial charge in [0.15, 0.2) is 11.6 Å². The number of likely N-dealkylation sites (tertiary alicyclic amines) is 2. The number of ether oxygens (including phenoxy) is 1. The molecule has 0 saturated carbocycles. The first kappa shape index (κ1) is 43.3. The molecule has 2 N–H and O–H groups in total. The smallest absolute Gasteiger partial charge is 0.301 e. The van der Waals surface area contributed by atoms with E-state index in [2.05, 4.69) is 19.9 Å². The van der Waals surface area contributed by atoms with E-state index in [9.17, 15) is 32.9 Å². The molecule has 0 spiro atoms. The summed E-state index contributed by atoms with van der Waals surface area (Å²) in [5.41, 5.74) is 0.718. The number of hydrogen-bond acceptors (Lipinski definition) is 10. The number of nitrogens with zero attached hydrogens (tertiary/aromatic N) is 6. The van der Waals surface area contributed by atoms with Crippen LogP contribution < -0.4 is 20.3 Å². The average molecular weight is 859 g/mol. The van der Waals surface area contributed by atoms with E-state index in [-0.39, 0.29) is 70.4 Å². The summed E-state index contributed by atoms with van der Waals surface area (Å²) < 4.78 is 66.1. The lowest BCUT2D eigenvalue weighted by Gasteiger charge is -2.36. The molecule has 3 aliphatic heterocycles. The molecule has 4 heterocycles. The van der Waals surface area contributed by atoms with Crippen LogP contribution in [0.2, 0.25) is 0 Å².